The maximum Gasteiger partial charge on any atom is 0.274 e. The van der Waals surface area contributed by atoms with Crippen LogP contribution in [0.5, 0.6) is 0 Å². The molecule has 2 aliphatic heterocycles. The molecule has 0 aliphatic carbocycles. The number of nitrogens with zero attached hydrogens (tertiary/aromatic N) is 4. The van der Waals surface area contributed by atoms with Gasteiger partial charge in [0.2, 0.25) is 0 Å². The van der Waals surface area contributed by atoms with Gasteiger partial charge in [-0.25, -0.2) is 9.97 Å². The lowest BCUT2D eigenvalue weighted by Gasteiger charge is -2.43. The number of amides is 1. The minimum atomic E-state index is -0.0330. The molecule has 3 heterocycles. The van der Waals surface area contributed by atoms with Gasteiger partial charge in [0.15, 0.2) is 0 Å². The van der Waals surface area contributed by atoms with Gasteiger partial charge in [0.1, 0.15) is 10.8 Å². The first-order valence-electron chi connectivity index (χ1n) is 6.75. The Morgan fingerprint density at radius 1 is 1.21 bits per heavy atom. The molecule has 0 radical (unpaired) electrons. The van der Waals surface area contributed by atoms with E-state index < -0.39 is 0 Å². The molecule has 1 unspecified atom stereocenters. The second-order valence-electron chi connectivity index (χ2n) is 5.16. The van der Waals surface area contributed by atoms with Crippen molar-refractivity contribution in [2.75, 3.05) is 26.2 Å². The molecule has 0 aromatic carbocycles. The average molecular weight is 281 g/mol. The van der Waals surface area contributed by atoms with Crippen LogP contribution in [0.3, 0.4) is 0 Å². The smallest absolute Gasteiger partial charge is 0.274 e. The fourth-order valence-electron chi connectivity index (χ4n) is 2.93. The Hall–Kier alpha value is -1.20. The van der Waals surface area contributed by atoms with Gasteiger partial charge in [-0.1, -0.05) is 18.0 Å². The van der Waals surface area contributed by atoms with Gasteiger partial charge in [-0.3, -0.25) is 9.69 Å². The molecule has 2 fully saturated rings. The van der Waals surface area contributed by atoms with Crippen LogP contribution in [0.25, 0.3) is 0 Å². The molecular weight excluding hydrogens is 264 g/mol. The molecule has 3 rings (SSSR count). The van der Waals surface area contributed by atoms with E-state index in [0.717, 1.165) is 19.6 Å². The average Bonchev–Trinajstić information content (AvgIpc) is 2.47. The summed E-state index contributed by atoms with van der Waals surface area (Å²) < 4.78 is 0. The highest BCUT2D eigenvalue weighted by Crippen LogP contribution is 2.21. The van der Waals surface area contributed by atoms with Gasteiger partial charge in [0.05, 0.1) is 12.4 Å². The van der Waals surface area contributed by atoms with Crippen molar-refractivity contribution in [3.8, 4) is 0 Å². The summed E-state index contributed by atoms with van der Waals surface area (Å²) in [7, 11) is 0. The van der Waals surface area contributed by atoms with Crippen LogP contribution in [0.15, 0.2) is 12.4 Å². The maximum absolute atomic E-state index is 12.3. The topological polar surface area (TPSA) is 49.3 Å². The summed E-state index contributed by atoms with van der Waals surface area (Å²) >= 11 is 5.69. The van der Waals surface area contributed by atoms with Crippen molar-refractivity contribution in [1.29, 1.82) is 0 Å². The molecule has 0 spiro atoms. The van der Waals surface area contributed by atoms with E-state index >= 15 is 0 Å². The second kappa shape index (κ2) is 5.43. The summed E-state index contributed by atoms with van der Waals surface area (Å²) in [6.45, 7) is 3.73. The third kappa shape index (κ3) is 2.72. The summed E-state index contributed by atoms with van der Waals surface area (Å²) in [6, 6.07) is 0.520. The molecule has 1 amide bonds. The van der Waals surface area contributed by atoms with E-state index in [9.17, 15) is 4.79 Å². The monoisotopic (exact) mass is 280 g/mol. The largest absolute Gasteiger partial charge is 0.334 e. The van der Waals surface area contributed by atoms with Gasteiger partial charge in [-0.15, -0.1) is 0 Å². The molecule has 2 saturated heterocycles. The number of rotatable bonds is 1. The molecule has 19 heavy (non-hydrogen) atoms. The Labute approximate surface area is 117 Å². The standard InChI is InChI=1S/C13H17ClN4O/c14-12-8-15-11(7-16-12)13(19)18-6-5-17-4-2-1-3-10(17)9-18/h7-8,10H,1-6,9H2. The van der Waals surface area contributed by atoms with Crippen LogP contribution in [-0.2, 0) is 0 Å². The van der Waals surface area contributed by atoms with Gasteiger partial charge < -0.3 is 4.90 Å². The minimum absolute atomic E-state index is 0.0330. The lowest BCUT2D eigenvalue weighted by molar-refractivity contribution is 0.0368. The number of carbonyl (C=O) groups is 1. The van der Waals surface area contributed by atoms with Crippen LogP contribution in [0.2, 0.25) is 5.15 Å². The SMILES string of the molecule is O=C(c1cnc(Cl)cn1)N1CCN2CCCCC2C1. The highest BCUT2D eigenvalue weighted by molar-refractivity contribution is 6.29. The molecule has 0 bridgehead atoms. The Morgan fingerprint density at radius 3 is 2.89 bits per heavy atom. The first-order valence-corrected chi connectivity index (χ1v) is 7.13. The van der Waals surface area contributed by atoms with Crippen LogP contribution in [0, 0.1) is 0 Å². The first kappa shape index (κ1) is 12.8. The number of carbonyl (C=O) groups excluding carboxylic acids is 1. The maximum atomic E-state index is 12.3. The van der Waals surface area contributed by atoms with Crippen LogP contribution in [0.4, 0.5) is 0 Å². The Morgan fingerprint density at radius 2 is 2.11 bits per heavy atom. The summed E-state index contributed by atoms with van der Waals surface area (Å²) in [5, 5.41) is 0.314. The van der Waals surface area contributed by atoms with Crippen LogP contribution in [-0.4, -0.2) is 57.9 Å². The molecule has 0 saturated carbocycles. The zero-order valence-electron chi connectivity index (χ0n) is 10.8. The zero-order valence-corrected chi connectivity index (χ0v) is 11.5. The van der Waals surface area contributed by atoms with Crippen LogP contribution in [0.1, 0.15) is 29.8 Å². The number of hydrogen-bond acceptors (Lipinski definition) is 4. The normalized spacial score (nSPS) is 24.1. The van der Waals surface area contributed by atoms with E-state index in [2.05, 4.69) is 14.9 Å². The molecule has 1 aromatic heterocycles. The molecule has 5 nitrogen and oxygen atoms in total. The number of hydrogen-bond donors (Lipinski definition) is 0. The molecule has 6 heteroatoms. The summed E-state index contributed by atoms with van der Waals surface area (Å²) in [4.78, 5) is 24.7. The Balaban J connectivity index is 1.69. The number of piperazine rings is 1. The van der Waals surface area contributed by atoms with E-state index in [1.54, 1.807) is 0 Å². The van der Waals surface area contributed by atoms with Gasteiger partial charge in [-0.05, 0) is 19.4 Å². The summed E-state index contributed by atoms with van der Waals surface area (Å²) in [5.41, 5.74) is 0.383. The van der Waals surface area contributed by atoms with Crippen LogP contribution >= 0.6 is 11.6 Å². The van der Waals surface area contributed by atoms with E-state index in [0.29, 0.717) is 16.9 Å². The lowest BCUT2D eigenvalue weighted by atomic mass is 9.99. The van der Waals surface area contributed by atoms with E-state index in [4.69, 9.17) is 11.6 Å². The lowest BCUT2D eigenvalue weighted by Crippen LogP contribution is -2.56. The van der Waals surface area contributed by atoms with Crippen molar-refractivity contribution in [2.45, 2.75) is 25.3 Å². The third-order valence-electron chi connectivity index (χ3n) is 3.96. The van der Waals surface area contributed by atoms with Crippen molar-refractivity contribution in [1.82, 2.24) is 19.8 Å². The van der Waals surface area contributed by atoms with Crippen molar-refractivity contribution in [3.05, 3.63) is 23.2 Å². The van der Waals surface area contributed by atoms with E-state index in [-0.39, 0.29) is 5.91 Å². The fourth-order valence-corrected chi connectivity index (χ4v) is 3.02. The molecule has 2 aliphatic rings. The van der Waals surface area contributed by atoms with Crippen LogP contribution < -0.4 is 0 Å². The predicted molar refractivity (Wildman–Crippen MR) is 72.2 cm³/mol. The second-order valence-corrected chi connectivity index (χ2v) is 5.55. The third-order valence-corrected chi connectivity index (χ3v) is 4.16. The number of aromatic nitrogens is 2. The van der Waals surface area contributed by atoms with Crippen molar-refractivity contribution in [3.63, 3.8) is 0 Å². The Bertz CT molecular complexity index is 464. The van der Waals surface area contributed by atoms with Crippen molar-refractivity contribution in [2.24, 2.45) is 0 Å². The number of piperidine rings is 1. The minimum Gasteiger partial charge on any atom is -0.334 e. The summed E-state index contributed by atoms with van der Waals surface area (Å²) in [6.07, 6.45) is 6.62. The van der Waals surface area contributed by atoms with Crippen molar-refractivity contribution >= 4 is 17.5 Å². The van der Waals surface area contributed by atoms with Gasteiger partial charge in [0, 0.05) is 25.7 Å². The molecule has 1 aromatic rings. The van der Waals surface area contributed by atoms with E-state index in [1.165, 1.54) is 38.2 Å². The number of halogens is 1. The zero-order chi connectivity index (χ0) is 13.2. The highest BCUT2D eigenvalue weighted by Gasteiger charge is 2.31. The van der Waals surface area contributed by atoms with Crippen molar-refractivity contribution < 1.29 is 4.79 Å². The van der Waals surface area contributed by atoms with E-state index in [1.807, 2.05) is 4.90 Å². The molecule has 1 atom stereocenters. The fraction of sp³-hybridized carbons (Fsp3) is 0.615. The highest BCUT2D eigenvalue weighted by atomic mass is 35.5. The molecule has 0 N–H and O–H groups in total. The first-order chi connectivity index (χ1) is 9.24. The predicted octanol–water partition coefficient (Wildman–Crippen LogP) is 1.44. The summed E-state index contributed by atoms with van der Waals surface area (Å²) in [5.74, 6) is -0.0330. The number of fused-ring (bicyclic) bond motifs is 1. The van der Waals surface area contributed by atoms with Gasteiger partial charge >= 0.3 is 0 Å². The van der Waals surface area contributed by atoms with Gasteiger partial charge in [-0.2, -0.15) is 0 Å². The van der Waals surface area contributed by atoms with Gasteiger partial charge in [0.25, 0.3) is 5.91 Å². The Kier molecular flexibility index (Phi) is 3.66. The molecular formula is C13H17ClN4O. The molecule has 102 valence electrons. The quantitative estimate of drug-likeness (QED) is 0.781.